The van der Waals surface area contributed by atoms with Crippen LogP contribution in [0, 0.1) is 10.1 Å². The fraction of sp³-hybridized carbons (Fsp3) is 0.533. The van der Waals surface area contributed by atoms with E-state index in [0.717, 1.165) is 0 Å². The maximum absolute atomic E-state index is 11.5. The van der Waals surface area contributed by atoms with Crippen molar-refractivity contribution < 1.29 is 24.7 Å². The van der Waals surface area contributed by atoms with Gasteiger partial charge in [0.15, 0.2) is 0 Å². The van der Waals surface area contributed by atoms with E-state index in [4.69, 9.17) is 10.5 Å². The zero-order valence-corrected chi connectivity index (χ0v) is 13.9. The molecule has 0 fully saturated rings. The summed E-state index contributed by atoms with van der Waals surface area (Å²) in [6, 6.07) is 4.11. The van der Waals surface area contributed by atoms with Crippen LogP contribution >= 0.6 is 0 Å². The predicted octanol–water partition coefficient (Wildman–Crippen LogP) is 1.49. The Hall–Kier alpha value is -2.39. The number of para-hydroxylation sites is 1. The maximum Gasteiger partial charge on any atom is 0.407 e. The Bertz CT molecular complexity index is 599. The van der Waals surface area contributed by atoms with E-state index in [1.54, 1.807) is 20.8 Å². The molecule has 1 amide bonds. The number of ether oxygens (including phenoxy) is 1. The Morgan fingerprint density at radius 3 is 2.58 bits per heavy atom. The van der Waals surface area contributed by atoms with E-state index in [-0.39, 0.29) is 24.2 Å². The van der Waals surface area contributed by atoms with E-state index >= 15 is 0 Å². The number of nitrogens with zero attached hydrogens (tertiary/aromatic N) is 1. The molecule has 0 saturated heterocycles. The summed E-state index contributed by atoms with van der Waals surface area (Å²) < 4.78 is 5.03. The van der Waals surface area contributed by atoms with Crippen LogP contribution in [0.15, 0.2) is 18.2 Å². The van der Waals surface area contributed by atoms with Crippen LogP contribution in [0.25, 0.3) is 0 Å². The first-order valence-electron chi connectivity index (χ1n) is 7.38. The number of nitro benzene ring substituents is 1. The molecule has 0 aliphatic rings. The number of amides is 1. The van der Waals surface area contributed by atoms with Crippen molar-refractivity contribution in [3.05, 3.63) is 33.9 Å². The summed E-state index contributed by atoms with van der Waals surface area (Å²) >= 11 is 0. The van der Waals surface area contributed by atoms with Gasteiger partial charge in [0, 0.05) is 6.54 Å². The Labute approximate surface area is 139 Å². The average molecular weight is 341 g/mol. The molecule has 1 aromatic rings. The molecule has 0 aliphatic heterocycles. The number of carbonyl (C=O) groups excluding carboxylic acids is 1. The summed E-state index contributed by atoms with van der Waals surface area (Å²) in [5.41, 5.74) is 4.28. The van der Waals surface area contributed by atoms with Gasteiger partial charge in [-0.3, -0.25) is 10.1 Å². The highest BCUT2D eigenvalue weighted by molar-refractivity contribution is 5.67. The van der Waals surface area contributed by atoms with E-state index in [0.29, 0.717) is 0 Å². The molecule has 9 nitrogen and oxygen atoms in total. The van der Waals surface area contributed by atoms with Gasteiger partial charge < -0.3 is 26.0 Å². The lowest BCUT2D eigenvalue weighted by Gasteiger charge is -2.21. The molecule has 1 aromatic carbocycles. The molecular weight excluding hydrogens is 318 g/mol. The third kappa shape index (κ3) is 5.67. The maximum atomic E-state index is 11.5. The van der Waals surface area contributed by atoms with Gasteiger partial charge in [-0.15, -0.1) is 0 Å². The number of carbonyl (C=O) groups is 1. The van der Waals surface area contributed by atoms with E-state index in [1.165, 1.54) is 18.2 Å². The molecule has 2 unspecified atom stereocenters. The summed E-state index contributed by atoms with van der Waals surface area (Å²) in [6.07, 6.45) is -3.50. The fourth-order valence-electron chi connectivity index (χ4n) is 2.03. The summed E-state index contributed by atoms with van der Waals surface area (Å²) in [4.78, 5) is 21.8. The lowest BCUT2D eigenvalue weighted by Crippen LogP contribution is -2.34. The highest BCUT2D eigenvalue weighted by atomic mass is 16.6. The van der Waals surface area contributed by atoms with Crippen molar-refractivity contribution in [2.24, 2.45) is 0 Å². The Morgan fingerprint density at radius 1 is 1.42 bits per heavy atom. The van der Waals surface area contributed by atoms with Crippen LogP contribution in [-0.4, -0.2) is 39.5 Å². The van der Waals surface area contributed by atoms with Crippen LogP contribution in [-0.2, 0) is 4.74 Å². The topological polar surface area (TPSA) is 148 Å². The van der Waals surface area contributed by atoms with Gasteiger partial charge in [-0.1, -0.05) is 6.07 Å². The lowest BCUT2D eigenvalue weighted by atomic mass is 9.99. The van der Waals surface area contributed by atoms with E-state index in [1.807, 2.05) is 0 Å². The number of hydrogen-bond donors (Lipinski definition) is 4. The number of benzene rings is 1. The van der Waals surface area contributed by atoms with Crippen molar-refractivity contribution in [2.45, 2.75) is 45.0 Å². The molecular formula is C15H23N3O6. The van der Waals surface area contributed by atoms with Gasteiger partial charge in [0.25, 0.3) is 5.69 Å². The van der Waals surface area contributed by atoms with Crippen molar-refractivity contribution in [2.75, 3.05) is 12.3 Å². The predicted molar refractivity (Wildman–Crippen MR) is 87.3 cm³/mol. The molecule has 1 rings (SSSR count). The van der Waals surface area contributed by atoms with Crippen molar-refractivity contribution in [3.8, 4) is 0 Å². The Balaban J connectivity index is 2.66. The minimum Gasteiger partial charge on any atom is -0.444 e. The lowest BCUT2D eigenvalue weighted by molar-refractivity contribution is -0.385. The van der Waals surface area contributed by atoms with Gasteiger partial charge in [-0.05, 0) is 39.3 Å². The SMILES string of the molecule is CC(C)(C)OC(=O)NCCC(O)C(O)c1cccc(N)c1[N+](=O)[O-]. The van der Waals surface area contributed by atoms with Gasteiger partial charge in [0.1, 0.15) is 17.4 Å². The van der Waals surface area contributed by atoms with E-state index in [2.05, 4.69) is 5.32 Å². The molecule has 0 aliphatic carbocycles. The molecule has 5 N–H and O–H groups in total. The second-order valence-corrected chi connectivity index (χ2v) is 6.27. The van der Waals surface area contributed by atoms with Gasteiger partial charge in [-0.25, -0.2) is 4.79 Å². The van der Waals surface area contributed by atoms with Crippen molar-refractivity contribution in [1.82, 2.24) is 5.32 Å². The van der Waals surface area contributed by atoms with E-state index in [9.17, 15) is 25.1 Å². The fourth-order valence-corrected chi connectivity index (χ4v) is 2.03. The molecule has 134 valence electrons. The van der Waals surface area contributed by atoms with Gasteiger partial charge in [0.2, 0.25) is 0 Å². The summed E-state index contributed by atoms with van der Waals surface area (Å²) in [6.45, 7) is 5.17. The molecule has 0 aromatic heterocycles. The largest absolute Gasteiger partial charge is 0.444 e. The van der Waals surface area contributed by atoms with Crippen molar-refractivity contribution in [1.29, 1.82) is 0 Å². The third-order valence-corrected chi connectivity index (χ3v) is 3.07. The van der Waals surface area contributed by atoms with E-state index < -0.39 is 34.5 Å². The normalized spacial score (nSPS) is 13.9. The Kier molecular flexibility index (Phi) is 6.50. The molecule has 0 heterocycles. The van der Waals surface area contributed by atoms with Gasteiger partial charge in [0.05, 0.1) is 16.6 Å². The second-order valence-electron chi connectivity index (χ2n) is 6.27. The number of aliphatic hydroxyl groups excluding tert-OH is 2. The number of nitrogens with one attached hydrogen (secondary N) is 1. The molecule has 0 bridgehead atoms. The summed E-state index contributed by atoms with van der Waals surface area (Å²) in [5, 5.41) is 33.6. The highest BCUT2D eigenvalue weighted by Gasteiger charge is 2.28. The Morgan fingerprint density at radius 2 is 2.04 bits per heavy atom. The van der Waals surface area contributed by atoms with Crippen LogP contribution in [0.5, 0.6) is 0 Å². The first kappa shape index (κ1) is 19.7. The van der Waals surface area contributed by atoms with Crippen LogP contribution in [0.4, 0.5) is 16.2 Å². The number of aliphatic hydroxyl groups is 2. The second kappa shape index (κ2) is 7.93. The number of nitrogen functional groups attached to an aromatic ring is 1. The highest BCUT2D eigenvalue weighted by Crippen LogP contribution is 2.32. The molecule has 2 atom stereocenters. The molecule has 0 radical (unpaired) electrons. The van der Waals surface area contributed by atoms with Crippen LogP contribution in [0.3, 0.4) is 0 Å². The standard InChI is InChI=1S/C15H23N3O6/c1-15(2,3)24-14(21)17-8-7-11(19)13(20)9-5-4-6-10(16)12(9)18(22)23/h4-6,11,13,19-20H,7-8,16H2,1-3H3,(H,17,21). The van der Waals surface area contributed by atoms with Crippen LogP contribution in [0.1, 0.15) is 38.9 Å². The van der Waals surface area contributed by atoms with Crippen LogP contribution < -0.4 is 11.1 Å². The number of alkyl carbamates (subject to hydrolysis) is 1. The van der Waals surface area contributed by atoms with Crippen molar-refractivity contribution in [3.63, 3.8) is 0 Å². The number of nitrogens with two attached hydrogens (primary N) is 1. The minimum absolute atomic E-state index is 0.0215. The number of anilines is 1. The molecule has 0 spiro atoms. The summed E-state index contributed by atoms with van der Waals surface area (Å²) in [5.74, 6) is 0. The number of rotatable bonds is 6. The molecule has 24 heavy (non-hydrogen) atoms. The number of nitro groups is 1. The van der Waals surface area contributed by atoms with Crippen LogP contribution in [0.2, 0.25) is 0 Å². The first-order valence-corrected chi connectivity index (χ1v) is 7.38. The molecule has 0 saturated carbocycles. The zero-order valence-electron chi connectivity index (χ0n) is 13.9. The van der Waals surface area contributed by atoms with Crippen molar-refractivity contribution >= 4 is 17.5 Å². The third-order valence-electron chi connectivity index (χ3n) is 3.07. The first-order chi connectivity index (χ1) is 11.0. The average Bonchev–Trinajstić information content (AvgIpc) is 2.43. The van der Waals surface area contributed by atoms with Gasteiger partial charge >= 0.3 is 6.09 Å². The molecule has 9 heteroatoms. The minimum atomic E-state index is -1.51. The smallest absolute Gasteiger partial charge is 0.407 e. The van der Waals surface area contributed by atoms with Gasteiger partial charge in [-0.2, -0.15) is 0 Å². The quantitative estimate of drug-likeness (QED) is 0.348. The summed E-state index contributed by atoms with van der Waals surface area (Å²) in [7, 11) is 0. The number of hydrogen-bond acceptors (Lipinski definition) is 7. The monoisotopic (exact) mass is 341 g/mol. The zero-order chi connectivity index (χ0) is 18.5.